The maximum Gasteiger partial charge on any atom is 0.421 e. The molecular weight excluding hydrogens is 545 g/mol. The Balaban J connectivity index is 1.61. The van der Waals surface area contributed by atoms with E-state index >= 15 is 0 Å². The van der Waals surface area contributed by atoms with Crippen LogP contribution < -0.4 is 0 Å². The highest BCUT2D eigenvalue weighted by Gasteiger charge is 2.34. The Hall–Kier alpha value is -3.64. The van der Waals surface area contributed by atoms with E-state index in [2.05, 4.69) is 9.97 Å². The maximum atomic E-state index is 13.3. The van der Waals surface area contributed by atoms with Gasteiger partial charge in [-0.05, 0) is 54.8 Å². The third kappa shape index (κ3) is 5.32. The average molecular weight is 567 g/mol. The Morgan fingerprint density at radius 3 is 2.37 bits per heavy atom. The fourth-order valence-corrected chi connectivity index (χ4v) is 5.43. The molecule has 200 valence electrons. The number of alkyl halides is 3. The smallest absolute Gasteiger partial charge is 0.421 e. The van der Waals surface area contributed by atoms with Gasteiger partial charge in [0.15, 0.2) is 5.03 Å². The number of amides is 1. The van der Waals surface area contributed by atoms with E-state index in [4.69, 9.17) is 11.6 Å². The Bertz CT molecular complexity index is 1600. The normalized spacial score (nSPS) is 12.2. The minimum Gasteiger partial charge on any atom is -0.464 e. The predicted octanol–water partition coefficient (Wildman–Crippen LogP) is 5.87. The predicted molar refractivity (Wildman–Crippen MR) is 135 cm³/mol. The van der Waals surface area contributed by atoms with Gasteiger partial charge in [0.25, 0.3) is 10.0 Å². The molecule has 8 nitrogen and oxygen atoms in total. The molecule has 0 radical (unpaired) electrons. The molecule has 38 heavy (non-hydrogen) atoms. The van der Waals surface area contributed by atoms with Gasteiger partial charge < -0.3 is 5.11 Å². The van der Waals surface area contributed by atoms with Gasteiger partial charge in [-0.15, -0.1) is 0 Å². The van der Waals surface area contributed by atoms with Crippen LogP contribution in [-0.4, -0.2) is 45.0 Å². The quantitative estimate of drug-likeness (QED) is 0.300. The zero-order valence-electron chi connectivity index (χ0n) is 20.2. The molecule has 1 N–H and O–H groups in total. The van der Waals surface area contributed by atoms with Crippen LogP contribution in [-0.2, 0) is 29.0 Å². The molecule has 2 aromatic heterocycles. The second kappa shape index (κ2) is 10.3. The van der Waals surface area contributed by atoms with Crippen molar-refractivity contribution >= 4 is 38.8 Å². The third-order valence-electron chi connectivity index (χ3n) is 5.88. The molecule has 0 spiro atoms. The fourth-order valence-electron chi connectivity index (χ4n) is 3.97. The van der Waals surface area contributed by atoms with Gasteiger partial charge in [0.05, 0.1) is 21.6 Å². The van der Waals surface area contributed by atoms with Crippen molar-refractivity contribution in [2.75, 3.05) is 6.54 Å². The maximum absolute atomic E-state index is 13.3. The van der Waals surface area contributed by atoms with Crippen molar-refractivity contribution in [2.45, 2.75) is 37.9 Å². The lowest BCUT2D eigenvalue weighted by Gasteiger charge is -2.19. The highest BCUT2D eigenvalue weighted by Crippen LogP contribution is 2.37. The van der Waals surface area contributed by atoms with Crippen LogP contribution in [0.15, 0.2) is 59.8 Å². The summed E-state index contributed by atoms with van der Waals surface area (Å²) in [7, 11) is -4.36. The number of carbonyl (C=O) groups is 1. The van der Waals surface area contributed by atoms with Gasteiger partial charge in [0.2, 0.25) is 0 Å². The fraction of sp³-hybridized carbons (Fsp3) is 0.240. The Morgan fingerprint density at radius 2 is 1.82 bits per heavy atom. The van der Waals surface area contributed by atoms with Crippen LogP contribution in [0.5, 0.6) is 0 Å². The number of sulfonamides is 1. The minimum absolute atomic E-state index is 0.0871. The summed E-state index contributed by atoms with van der Waals surface area (Å²) in [5.74, 6) is 0.525. The summed E-state index contributed by atoms with van der Waals surface area (Å²) in [6.07, 6.45) is -4.38. The van der Waals surface area contributed by atoms with Crippen LogP contribution >= 0.6 is 11.6 Å². The highest BCUT2D eigenvalue weighted by molar-refractivity contribution is 7.89. The van der Waals surface area contributed by atoms with Crippen molar-refractivity contribution in [1.82, 2.24) is 18.8 Å². The minimum atomic E-state index is -4.62. The zero-order valence-corrected chi connectivity index (χ0v) is 21.8. The lowest BCUT2D eigenvalue weighted by Crippen LogP contribution is -2.37. The van der Waals surface area contributed by atoms with Crippen molar-refractivity contribution < 1.29 is 31.5 Å². The number of hydrogen-bond donors (Lipinski definition) is 1. The summed E-state index contributed by atoms with van der Waals surface area (Å²) in [5.41, 5.74) is 1.57. The van der Waals surface area contributed by atoms with Gasteiger partial charge in [-0.3, -0.25) is 4.57 Å². The van der Waals surface area contributed by atoms with E-state index in [0.29, 0.717) is 33.3 Å². The Labute approximate surface area is 221 Å². The molecule has 1 amide bonds. The van der Waals surface area contributed by atoms with Gasteiger partial charge in [0, 0.05) is 24.8 Å². The number of benzene rings is 2. The van der Waals surface area contributed by atoms with Crippen molar-refractivity contribution in [2.24, 2.45) is 0 Å². The number of pyridine rings is 1. The SMILES string of the molecule is CCc1nc2cc(C(F)(F)F)c(Cl)cc2n1-c1ccc(CCN(C(=O)O)S(=O)(=O)c2ccc(C)cn2)cc1. The molecule has 2 heterocycles. The summed E-state index contributed by atoms with van der Waals surface area (Å²) >= 11 is 5.94. The van der Waals surface area contributed by atoms with E-state index in [-0.39, 0.29) is 23.5 Å². The molecule has 0 bridgehead atoms. The van der Waals surface area contributed by atoms with Gasteiger partial charge >= 0.3 is 12.3 Å². The molecule has 0 unspecified atom stereocenters. The van der Waals surface area contributed by atoms with Gasteiger partial charge in [-0.1, -0.05) is 36.7 Å². The van der Waals surface area contributed by atoms with Crippen molar-refractivity contribution in [3.63, 3.8) is 0 Å². The summed E-state index contributed by atoms with van der Waals surface area (Å²) in [5, 5.41) is 8.74. The standard InChI is InChI=1S/C25H22ClF3N4O4S/c1-3-22-31-20-12-18(25(27,28)29)19(26)13-21(20)33(22)17-7-5-16(6-8-17)10-11-32(24(34)35)38(36,37)23-9-4-15(2)14-30-23/h4-9,12-14H,3,10-11H2,1-2H3,(H,34,35). The molecule has 4 rings (SSSR count). The van der Waals surface area contributed by atoms with Crippen molar-refractivity contribution in [1.29, 1.82) is 0 Å². The molecular formula is C25H22ClF3N4O4S. The molecule has 0 atom stereocenters. The van der Waals surface area contributed by atoms with E-state index in [1.807, 2.05) is 6.92 Å². The zero-order chi connectivity index (χ0) is 27.8. The number of imidazole rings is 1. The van der Waals surface area contributed by atoms with Crippen LogP contribution in [0.3, 0.4) is 0 Å². The molecule has 13 heteroatoms. The van der Waals surface area contributed by atoms with E-state index in [9.17, 15) is 31.5 Å². The van der Waals surface area contributed by atoms with Crippen LogP contribution in [0.25, 0.3) is 16.7 Å². The summed E-state index contributed by atoms with van der Waals surface area (Å²) in [6.45, 7) is 3.21. The summed E-state index contributed by atoms with van der Waals surface area (Å²) in [4.78, 5) is 19.9. The van der Waals surface area contributed by atoms with Gasteiger partial charge in [-0.2, -0.15) is 25.9 Å². The Kier molecular flexibility index (Phi) is 7.39. The molecule has 0 aliphatic carbocycles. The van der Waals surface area contributed by atoms with Crippen molar-refractivity contribution in [3.8, 4) is 5.69 Å². The van der Waals surface area contributed by atoms with E-state index < -0.39 is 32.9 Å². The van der Waals surface area contributed by atoms with Crippen LogP contribution in [0.4, 0.5) is 18.0 Å². The first-order chi connectivity index (χ1) is 17.8. The van der Waals surface area contributed by atoms with Gasteiger partial charge in [0.1, 0.15) is 5.82 Å². The first-order valence-corrected chi connectivity index (χ1v) is 13.2. The molecule has 0 saturated carbocycles. The Morgan fingerprint density at radius 1 is 1.13 bits per heavy atom. The first kappa shape index (κ1) is 27.4. The number of halogens is 4. The monoisotopic (exact) mass is 566 g/mol. The molecule has 0 saturated heterocycles. The van der Waals surface area contributed by atoms with E-state index in [1.165, 1.54) is 24.4 Å². The number of fused-ring (bicyclic) bond motifs is 1. The highest BCUT2D eigenvalue weighted by atomic mass is 35.5. The summed E-state index contributed by atoms with van der Waals surface area (Å²) in [6, 6.07) is 11.7. The number of aromatic nitrogens is 3. The topological polar surface area (TPSA) is 105 Å². The van der Waals surface area contributed by atoms with Crippen LogP contribution in [0.2, 0.25) is 5.02 Å². The lowest BCUT2D eigenvalue weighted by molar-refractivity contribution is -0.137. The van der Waals surface area contributed by atoms with Crippen molar-refractivity contribution in [3.05, 3.63) is 82.3 Å². The van der Waals surface area contributed by atoms with E-state index in [1.54, 1.807) is 35.8 Å². The number of rotatable bonds is 7. The third-order valence-corrected chi connectivity index (χ3v) is 7.89. The van der Waals surface area contributed by atoms with Gasteiger partial charge in [-0.25, -0.2) is 14.8 Å². The molecule has 4 aromatic rings. The molecule has 0 fully saturated rings. The number of aryl methyl sites for hydroxylation is 2. The lowest BCUT2D eigenvalue weighted by atomic mass is 10.1. The first-order valence-electron chi connectivity index (χ1n) is 11.4. The summed E-state index contributed by atoms with van der Waals surface area (Å²) < 4.78 is 67.6. The average Bonchev–Trinajstić information content (AvgIpc) is 3.21. The molecule has 2 aromatic carbocycles. The van der Waals surface area contributed by atoms with Crippen LogP contribution in [0.1, 0.15) is 29.4 Å². The second-order valence-electron chi connectivity index (χ2n) is 8.49. The second-order valence-corrected chi connectivity index (χ2v) is 10.7. The largest absolute Gasteiger partial charge is 0.464 e. The molecule has 0 aliphatic rings. The molecule has 0 aliphatic heterocycles. The number of nitrogens with zero attached hydrogens (tertiary/aromatic N) is 4. The van der Waals surface area contributed by atoms with E-state index in [0.717, 1.165) is 11.6 Å². The number of hydrogen-bond acceptors (Lipinski definition) is 5. The number of carboxylic acid groups (broad SMARTS) is 1. The van der Waals surface area contributed by atoms with Crippen LogP contribution in [0, 0.1) is 6.92 Å².